The molecule has 1 fully saturated rings. The zero-order valence-corrected chi connectivity index (χ0v) is 55.7. The molecule has 1 aliphatic rings. The van der Waals surface area contributed by atoms with Crippen LogP contribution in [0.4, 0.5) is 63.6 Å². The van der Waals surface area contributed by atoms with Gasteiger partial charge in [-0.15, -0.1) is 10.2 Å². The number of alkyl halides is 6. The van der Waals surface area contributed by atoms with E-state index in [2.05, 4.69) is 78.2 Å². The third kappa shape index (κ3) is 16.1. The maximum Gasteiger partial charge on any atom is 0.420 e. The summed E-state index contributed by atoms with van der Waals surface area (Å²) < 4.78 is 130. The highest BCUT2D eigenvalue weighted by atomic mass is 32.1. The van der Waals surface area contributed by atoms with Crippen LogP contribution >= 0.6 is 33.5 Å². The van der Waals surface area contributed by atoms with E-state index in [-0.39, 0.29) is 30.5 Å². The molecule has 5 heterocycles. The fourth-order valence-corrected chi connectivity index (χ4v) is 10.6. The van der Waals surface area contributed by atoms with E-state index in [1.165, 1.54) is 36.4 Å². The molecule has 0 radical (unpaired) electrons. The molecule has 0 aliphatic carbocycles. The number of methoxy groups -OCH3 is 1. The topological polar surface area (TPSA) is 259 Å². The molecule has 0 unspecified atom stereocenters. The summed E-state index contributed by atoms with van der Waals surface area (Å²) in [5.41, 5.74) is -5.87. The molecule has 9 rings (SSSR count). The zero-order valence-electron chi connectivity index (χ0n) is 53.1. The van der Waals surface area contributed by atoms with Crippen LogP contribution in [-0.4, -0.2) is 99.8 Å². The van der Waals surface area contributed by atoms with Crippen molar-refractivity contribution >= 4 is 95.1 Å². The summed E-state index contributed by atoms with van der Waals surface area (Å²) in [5.74, 6) is -1.87. The Labute approximate surface area is 558 Å². The lowest BCUT2D eigenvalue weighted by Gasteiger charge is -2.30. The fourth-order valence-electron chi connectivity index (χ4n) is 9.95. The average Bonchev–Trinajstić information content (AvgIpc) is 1.56. The van der Waals surface area contributed by atoms with Crippen molar-refractivity contribution in [2.45, 2.75) is 126 Å². The Kier molecular flexibility index (Phi) is 25.3. The number of aliphatic imine (C=N–C) groups is 1. The van der Waals surface area contributed by atoms with Crippen molar-refractivity contribution in [2.75, 3.05) is 42.5 Å². The van der Waals surface area contributed by atoms with E-state index < -0.39 is 86.3 Å². The number of anilines is 3. The minimum absolute atomic E-state index is 0. The molecule has 1 saturated heterocycles. The molecular formula is C63H66F8N15O7PS2. The molecule has 22 nitrogen and oxygen atoms in total. The smallest absolute Gasteiger partial charge is 0.420 e. The van der Waals surface area contributed by atoms with Gasteiger partial charge in [-0.05, 0) is 156 Å². The Bertz CT molecular complexity index is 4550. The zero-order chi connectivity index (χ0) is 70.8. The SMILES string of the molecule is C.CCCc1nc(C)c2c(=O)[nH]c(-c3cc(N4C(=S)N(c5ccc(C#N)c(C(F)(F)F)c5F)C(=O)C4(C)C)ccc3OCC)nn12.CCCc1nc(C)c2c(=O)[nH]c(-c3cc(NC(C)(C)C(=O)OC)ccc3OCC)nn12.CN=P.[C-]#[N+]c1ccc(N=C=S)c(F)c1C(F)(F)F. The molecule has 0 saturated carbocycles. The third-order valence-electron chi connectivity index (χ3n) is 14.0. The Balaban J connectivity index is 0.000000282. The van der Waals surface area contributed by atoms with E-state index in [0.717, 1.165) is 42.9 Å². The largest absolute Gasteiger partial charge is 0.493 e. The number of hydrogen-bond acceptors (Lipinski definition) is 17. The van der Waals surface area contributed by atoms with Crippen LogP contribution in [-0.2, 0) is 39.5 Å². The lowest BCUT2D eigenvalue weighted by Crippen LogP contribution is -2.44. The van der Waals surface area contributed by atoms with E-state index in [4.69, 9.17) is 38.3 Å². The number of benzene rings is 4. The minimum Gasteiger partial charge on any atom is -0.493 e. The average molecular weight is 1390 g/mol. The van der Waals surface area contributed by atoms with Gasteiger partial charge >= 0.3 is 18.3 Å². The Morgan fingerprint density at radius 2 is 1.30 bits per heavy atom. The first-order valence-electron chi connectivity index (χ1n) is 28.7. The summed E-state index contributed by atoms with van der Waals surface area (Å²) in [4.78, 5) is 74.2. The van der Waals surface area contributed by atoms with Crippen LogP contribution in [0.25, 0.3) is 38.7 Å². The standard InChI is InChI=1S/C30H27F4N7O3S.C22H29N5O4.C9H2F4N2S.CH4NP.CH4/c1-6-8-21-36-15(3)24-26(42)37-25(38-41(21)24)18-13-17(10-12-20(18)44-7-2)40-28(45)39(27(43)29(40,4)5)19-11-9-16(14-35)22(23(19)31)30(32,33)34;1-7-9-17-23-13(3)18-20(28)24-19(26-27(17)18)15-12-14(10-11-16(15)31-8-2)25-22(4,5)21(29)30-6;1-14-5-2-3-6(15-4-16)8(10)7(5)9(11,12)13;1-2-3;/h9-13H,6-8H2,1-5H3,(H,37,38,42);10-12,25H,7-9H2,1-6H3,(H,24,26,28);2-3H;3H,1H3;1H4. The molecule has 1 aliphatic heterocycles. The number of hydrogen-bond donors (Lipinski definition) is 3. The van der Waals surface area contributed by atoms with Crippen LogP contribution in [0, 0.1) is 43.4 Å². The number of fused-ring (bicyclic) bond motifs is 2. The number of H-pyrrole nitrogens is 2. The molecule has 508 valence electrons. The molecule has 0 bridgehead atoms. The third-order valence-corrected chi connectivity index (χ3v) is 14.5. The van der Waals surface area contributed by atoms with Crippen LogP contribution in [0.2, 0.25) is 0 Å². The number of aromatic nitrogens is 8. The Hall–Kier alpha value is -9.87. The molecule has 33 heteroatoms. The second-order valence-corrected chi connectivity index (χ2v) is 22.4. The number of carbonyl (C=O) groups is 2. The second kappa shape index (κ2) is 31.6. The van der Waals surface area contributed by atoms with E-state index in [1.807, 2.05) is 13.8 Å². The first-order valence-corrected chi connectivity index (χ1v) is 29.9. The number of imidazole rings is 2. The summed E-state index contributed by atoms with van der Waals surface area (Å²) in [6, 6.07) is 15.0. The predicted octanol–water partition coefficient (Wildman–Crippen LogP) is 14.5. The first kappa shape index (κ1) is 76.8. The van der Waals surface area contributed by atoms with Crippen LogP contribution in [0.5, 0.6) is 11.5 Å². The molecule has 1 amide bonds. The van der Waals surface area contributed by atoms with Crippen molar-refractivity contribution in [1.29, 1.82) is 5.26 Å². The highest BCUT2D eigenvalue weighted by Gasteiger charge is 2.52. The number of nitriles is 1. The van der Waals surface area contributed by atoms with E-state index in [0.29, 0.717) is 92.4 Å². The lowest BCUT2D eigenvalue weighted by atomic mass is 10.0. The number of ether oxygens (including phenoxy) is 3. The predicted molar refractivity (Wildman–Crippen MR) is 356 cm³/mol. The monoisotopic (exact) mass is 1390 g/mol. The fraction of sp³-hybridized carbons (Fsp3) is 0.365. The molecule has 8 aromatic rings. The maximum absolute atomic E-state index is 15.5. The number of nitrogens with zero attached hydrogens (tertiary/aromatic N) is 12. The molecule has 96 heavy (non-hydrogen) atoms. The Morgan fingerprint density at radius 3 is 1.75 bits per heavy atom. The Morgan fingerprint density at radius 1 is 0.802 bits per heavy atom. The highest BCUT2D eigenvalue weighted by molar-refractivity contribution is 7.81. The van der Waals surface area contributed by atoms with Crippen molar-refractivity contribution < 1.29 is 58.9 Å². The van der Waals surface area contributed by atoms with Gasteiger partial charge in [0.05, 0.1) is 77.5 Å². The number of nitrogens with one attached hydrogen (secondary N) is 3. The molecule has 3 N–H and O–H groups in total. The summed E-state index contributed by atoms with van der Waals surface area (Å²) >= 11 is 9.75. The maximum atomic E-state index is 15.5. The van der Waals surface area contributed by atoms with Gasteiger partial charge in [0.2, 0.25) is 5.69 Å². The highest BCUT2D eigenvalue weighted by Crippen LogP contribution is 2.45. The van der Waals surface area contributed by atoms with Gasteiger partial charge < -0.3 is 34.4 Å². The number of thiocarbonyl (C=S) groups is 2. The van der Waals surface area contributed by atoms with Crippen LogP contribution in [0.1, 0.15) is 115 Å². The first-order chi connectivity index (χ1) is 44.7. The lowest BCUT2D eigenvalue weighted by molar-refractivity contribution is -0.145. The quantitative estimate of drug-likeness (QED) is 0.0203. The number of amides is 1. The number of halogens is 8. The molecule has 0 atom stereocenters. The van der Waals surface area contributed by atoms with Crippen LogP contribution in [0.15, 0.2) is 80.0 Å². The van der Waals surface area contributed by atoms with Crippen molar-refractivity contribution in [2.24, 2.45) is 9.74 Å². The van der Waals surface area contributed by atoms with Gasteiger partial charge in [-0.25, -0.2) is 37.4 Å². The molecule has 4 aromatic carbocycles. The van der Waals surface area contributed by atoms with Crippen molar-refractivity contribution in [1.82, 2.24) is 39.2 Å². The van der Waals surface area contributed by atoms with Crippen LogP contribution in [0.3, 0.4) is 0 Å². The number of esters is 1. The van der Waals surface area contributed by atoms with Gasteiger partial charge in [0, 0.05) is 31.3 Å². The van der Waals surface area contributed by atoms with Gasteiger partial charge in [0.1, 0.15) is 45.5 Å². The number of carbonyl (C=O) groups excluding carboxylic acids is 2. The van der Waals surface area contributed by atoms with Gasteiger partial charge in [0.25, 0.3) is 17.0 Å². The number of aryl methyl sites for hydroxylation is 4. The normalized spacial score (nSPS) is 12.6. The van der Waals surface area contributed by atoms with Crippen LogP contribution < -0.4 is 35.7 Å². The van der Waals surface area contributed by atoms with Crippen molar-refractivity contribution in [3.05, 3.63) is 144 Å². The molecule has 4 aromatic heterocycles. The minimum atomic E-state index is -5.20. The van der Waals surface area contributed by atoms with Gasteiger partial charge in [-0.3, -0.25) is 24.0 Å². The number of aromatic amines is 2. The number of rotatable bonds is 16. The second-order valence-electron chi connectivity index (χ2n) is 21.4. The van der Waals surface area contributed by atoms with E-state index in [9.17, 15) is 49.9 Å². The number of isothiocyanates is 1. The summed E-state index contributed by atoms with van der Waals surface area (Å²) in [6.07, 6.45) is -7.23. The van der Waals surface area contributed by atoms with Gasteiger partial charge in [-0.2, -0.15) is 36.6 Å². The molecule has 0 spiro atoms. The molecular weight excluding hydrogens is 1330 g/mol. The van der Waals surface area contributed by atoms with Crippen molar-refractivity contribution in [3.8, 4) is 40.3 Å². The van der Waals surface area contributed by atoms with Crippen molar-refractivity contribution in [3.63, 3.8) is 0 Å². The van der Waals surface area contributed by atoms with E-state index >= 15 is 4.39 Å². The summed E-state index contributed by atoms with van der Waals surface area (Å²) in [7, 11) is 5.82. The van der Waals surface area contributed by atoms with Gasteiger partial charge in [-0.1, -0.05) is 27.3 Å². The summed E-state index contributed by atoms with van der Waals surface area (Å²) in [6.45, 7) is 24.9. The van der Waals surface area contributed by atoms with E-state index in [1.54, 1.807) is 87.7 Å². The summed E-state index contributed by atoms with van der Waals surface area (Å²) in [5, 5.41) is 23.1. The van der Waals surface area contributed by atoms with Gasteiger partial charge in [0.15, 0.2) is 39.4 Å².